The molecule has 2 aromatic carbocycles. The second-order valence-electron chi connectivity index (χ2n) is 4.44. The molecular formula is C18H17FO2. The second-order valence-corrected chi connectivity index (χ2v) is 4.44. The van der Waals surface area contributed by atoms with Crippen molar-refractivity contribution in [3.8, 4) is 16.9 Å². The largest absolute Gasteiger partial charge is 0.489 e. The van der Waals surface area contributed by atoms with E-state index in [-0.39, 0.29) is 12.4 Å². The Balaban J connectivity index is 2.37. The number of aliphatic hydroxyl groups is 1. The summed E-state index contributed by atoms with van der Waals surface area (Å²) in [5.41, 5.74) is 2.73. The molecule has 21 heavy (non-hydrogen) atoms. The minimum absolute atomic E-state index is 0.0272. The van der Waals surface area contributed by atoms with E-state index in [1.807, 2.05) is 18.2 Å². The number of rotatable bonds is 6. The molecule has 0 saturated heterocycles. The van der Waals surface area contributed by atoms with Crippen molar-refractivity contribution in [2.45, 2.75) is 0 Å². The first-order chi connectivity index (χ1) is 10.2. The van der Waals surface area contributed by atoms with Crippen LogP contribution in [0.25, 0.3) is 17.2 Å². The third kappa shape index (κ3) is 4.04. The topological polar surface area (TPSA) is 29.5 Å². The highest BCUT2D eigenvalue weighted by Crippen LogP contribution is 2.28. The maximum atomic E-state index is 13.0. The van der Waals surface area contributed by atoms with Crippen LogP contribution in [0.2, 0.25) is 0 Å². The van der Waals surface area contributed by atoms with E-state index in [1.165, 1.54) is 12.1 Å². The molecule has 0 aliphatic carbocycles. The zero-order valence-corrected chi connectivity index (χ0v) is 11.6. The van der Waals surface area contributed by atoms with Gasteiger partial charge in [-0.15, -0.1) is 0 Å². The molecule has 0 amide bonds. The summed E-state index contributed by atoms with van der Waals surface area (Å²) in [5.74, 6) is 0.436. The van der Waals surface area contributed by atoms with Crippen LogP contribution < -0.4 is 4.74 Å². The van der Waals surface area contributed by atoms with E-state index >= 15 is 0 Å². The van der Waals surface area contributed by atoms with Crippen LogP contribution in [0, 0.1) is 5.82 Å². The van der Waals surface area contributed by atoms with Crippen LogP contribution in [-0.4, -0.2) is 18.3 Å². The van der Waals surface area contributed by atoms with Crippen molar-refractivity contribution in [2.24, 2.45) is 0 Å². The maximum absolute atomic E-state index is 13.0. The van der Waals surface area contributed by atoms with Crippen molar-refractivity contribution in [1.82, 2.24) is 0 Å². The lowest BCUT2D eigenvalue weighted by Gasteiger charge is -2.10. The summed E-state index contributed by atoms with van der Waals surface area (Å²) in [6.07, 6.45) is 5.12. The quantitative estimate of drug-likeness (QED) is 0.810. The van der Waals surface area contributed by atoms with Crippen molar-refractivity contribution in [1.29, 1.82) is 0 Å². The summed E-state index contributed by atoms with van der Waals surface area (Å²) >= 11 is 0. The Morgan fingerprint density at radius 3 is 2.48 bits per heavy atom. The van der Waals surface area contributed by atoms with Gasteiger partial charge in [-0.3, -0.25) is 0 Å². The fourth-order valence-corrected chi connectivity index (χ4v) is 1.95. The SMILES string of the molecule is C=CCOc1cc(-c2ccc(F)cc2)ccc1/C=C/CO. The van der Waals surface area contributed by atoms with Gasteiger partial charge in [0.05, 0.1) is 6.61 Å². The molecule has 2 rings (SSSR count). The van der Waals surface area contributed by atoms with Gasteiger partial charge in [0.2, 0.25) is 0 Å². The molecule has 0 heterocycles. The van der Waals surface area contributed by atoms with Crippen molar-refractivity contribution in [2.75, 3.05) is 13.2 Å². The number of aliphatic hydroxyl groups excluding tert-OH is 1. The number of hydrogen-bond donors (Lipinski definition) is 1. The summed E-state index contributed by atoms with van der Waals surface area (Å²) in [5, 5.41) is 8.87. The molecule has 0 spiro atoms. The van der Waals surface area contributed by atoms with Crippen molar-refractivity contribution in [3.63, 3.8) is 0 Å². The molecule has 0 saturated carbocycles. The molecule has 0 aliphatic rings. The number of benzene rings is 2. The van der Waals surface area contributed by atoms with Gasteiger partial charge in [-0.2, -0.15) is 0 Å². The Bertz CT molecular complexity index is 630. The Morgan fingerprint density at radius 1 is 1.10 bits per heavy atom. The molecule has 0 aliphatic heterocycles. The van der Waals surface area contributed by atoms with Gasteiger partial charge in [0.1, 0.15) is 18.2 Å². The van der Waals surface area contributed by atoms with Gasteiger partial charge < -0.3 is 9.84 Å². The number of halogens is 1. The Morgan fingerprint density at radius 2 is 1.81 bits per heavy atom. The summed E-state index contributed by atoms with van der Waals surface area (Å²) in [7, 11) is 0. The predicted octanol–water partition coefficient (Wildman–Crippen LogP) is 4.06. The van der Waals surface area contributed by atoms with E-state index < -0.39 is 0 Å². The van der Waals surface area contributed by atoms with Crippen molar-refractivity contribution < 1.29 is 14.2 Å². The van der Waals surface area contributed by atoms with Gasteiger partial charge in [0.15, 0.2) is 0 Å². The molecule has 0 unspecified atom stereocenters. The molecule has 3 heteroatoms. The van der Waals surface area contributed by atoms with Gasteiger partial charge in [0.25, 0.3) is 0 Å². The zero-order chi connectivity index (χ0) is 15.1. The van der Waals surface area contributed by atoms with E-state index in [0.29, 0.717) is 12.4 Å². The number of hydrogen-bond acceptors (Lipinski definition) is 2. The van der Waals surface area contributed by atoms with Crippen LogP contribution in [0.1, 0.15) is 5.56 Å². The summed E-state index contributed by atoms with van der Waals surface area (Å²) in [6, 6.07) is 12.1. The van der Waals surface area contributed by atoms with E-state index in [9.17, 15) is 4.39 Å². The highest BCUT2D eigenvalue weighted by molar-refractivity contribution is 5.69. The molecule has 2 nitrogen and oxygen atoms in total. The lowest BCUT2D eigenvalue weighted by Crippen LogP contribution is -1.95. The predicted molar refractivity (Wildman–Crippen MR) is 83.6 cm³/mol. The highest BCUT2D eigenvalue weighted by Gasteiger charge is 2.05. The summed E-state index contributed by atoms with van der Waals surface area (Å²) < 4.78 is 18.6. The van der Waals surface area contributed by atoms with Crippen LogP contribution in [0.5, 0.6) is 5.75 Å². The van der Waals surface area contributed by atoms with Crippen LogP contribution in [0.4, 0.5) is 4.39 Å². The molecule has 0 fully saturated rings. The van der Waals surface area contributed by atoms with Crippen LogP contribution in [0.3, 0.4) is 0 Å². The third-order valence-electron chi connectivity index (χ3n) is 2.95. The normalized spacial score (nSPS) is 10.8. The fourth-order valence-electron chi connectivity index (χ4n) is 1.95. The minimum Gasteiger partial charge on any atom is -0.489 e. The summed E-state index contributed by atoms with van der Waals surface area (Å²) in [4.78, 5) is 0. The number of ether oxygens (including phenoxy) is 1. The molecule has 108 valence electrons. The fraction of sp³-hybridized carbons (Fsp3) is 0.111. The van der Waals surface area contributed by atoms with Crippen LogP contribution in [-0.2, 0) is 0 Å². The van der Waals surface area contributed by atoms with E-state index in [0.717, 1.165) is 16.7 Å². The van der Waals surface area contributed by atoms with E-state index in [2.05, 4.69) is 6.58 Å². The standard InChI is InChI=1S/C18H17FO2/c1-2-12-21-18-13-16(6-5-15(18)4-3-11-20)14-7-9-17(19)10-8-14/h2-10,13,20H,1,11-12H2/b4-3+. The first-order valence-corrected chi connectivity index (χ1v) is 6.65. The van der Waals surface area contributed by atoms with Crippen LogP contribution >= 0.6 is 0 Å². The molecule has 0 atom stereocenters. The first kappa shape index (κ1) is 15.0. The first-order valence-electron chi connectivity index (χ1n) is 6.65. The van der Waals surface area contributed by atoms with Gasteiger partial charge in [-0.1, -0.05) is 49.1 Å². The zero-order valence-electron chi connectivity index (χ0n) is 11.6. The average Bonchev–Trinajstić information content (AvgIpc) is 2.52. The van der Waals surface area contributed by atoms with E-state index in [1.54, 1.807) is 30.4 Å². The molecule has 1 N–H and O–H groups in total. The Labute approximate surface area is 123 Å². The monoisotopic (exact) mass is 284 g/mol. The minimum atomic E-state index is -0.260. The molecular weight excluding hydrogens is 267 g/mol. The molecule has 2 aromatic rings. The average molecular weight is 284 g/mol. The molecule has 0 aromatic heterocycles. The van der Waals surface area contributed by atoms with Gasteiger partial charge >= 0.3 is 0 Å². The Kier molecular flexibility index (Phi) is 5.29. The third-order valence-corrected chi connectivity index (χ3v) is 2.95. The second kappa shape index (κ2) is 7.41. The molecule has 0 bridgehead atoms. The van der Waals surface area contributed by atoms with Crippen molar-refractivity contribution >= 4 is 6.08 Å². The maximum Gasteiger partial charge on any atom is 0.127 e. The van der Waals surface area contributed by atoms with Crippen LogP contribution in [0.15, 0.2) is 61.2 Å². The lowest BCUT2D eigenvalue weighted by atomic mass is 10.0. The highest BCUT2D eigenvalue weighted by atomic mass is 19.1. The Hall–Kier alpha value is -2.39. The summed E-state index contributed by atoms with van der Waals surface area (Å²) in [6.45, 7) is 4.00. The molecule has 0 radical (unpaired) electrons. The van der Waals surface area contributed by atoms with Gasteiger partial charge in [0, 0.05) is 5.56 Å². The van der Waals surface area contributed by atoms with Crippen molar-refractivity contribution in [3.05, 3.63) is 72.6 Å². The van der Waals surface area contributed by atoms with Gasteiger partial charge in [-0.05, 0) is 29.3 Å². The smallest absolute Gasteiger partial charge is 0.127 e. The lowest BCUT2D eigenvalue weighted by molar-refractivity contribution is 0.343. The van der Waals surface area contributed by atoms with E-state index in [4.69, 9.17) is 9.84 Å². The van der Waals surface area contributed by atoms with Gasteiger partial charge in [-0.25, -0.2) is 4.39 Å².